The molecule has 2 unspecified atom stereocenters. The second kappa shape index (κ2) is 4.86. The first-order valence-corrected chi connectivity index (χ1v) is 5.85. The topological polar surface area (TPSA) is 40.5 Å². The highest BCUT2D eigenvalue weighted by Gasteiger charge is 2.36. The van der Waals surface area contributed by atoms with Crippen LogP contribution < -0.4 is 0 Å². The van der Waals surface area contributed by atoms with E-state index in [0.29, 0.717) is 5.37 Å². The Morgan fingerprint density at radius 1 is 1.62 bits per heavy atom. The number of rotatable bonds is 4. The molecule has 1 rings (SSSR count). The van der Waals surface area contributed by atoms with Gasteiger partial charge in [0.25, 0.3) is 0 Å². The van der Waals surface area contributed by atoms with Crippen LogP contribution in [0.3, 0.4) is 0 Å². The minimum Gasteiger partial charge on any atom is -0.480 e. The molecular weight excluding hydrogens is 186 g/mol. The quantitative estimate of drug-likeness (QED) is 0.754. The molecule has 0 radical (unpaired) electrons. The van der Waals surface area contributed by atoms with Gasteiger partial charge in [-0.05, 0) is 19.4 Å². The molecule has 1 N–H and O–H groups in total. The summed E-state index contributed by atoms with van der Waals surface area (Å²) in [6.45, 7) is 5.11. The van der Waals surface area contributed by atoms with E-state index in [0.717, 1.165) is 25.1 Å². The van der Waals surface area contributed by atoms with Crippen LogP contribution in [0, 0.1) is 0 Å². The fraction of sp³-hybridized carbons (Fsp3) is 0.889. The lowest BCUT2D eigenvalue weighted by molar-refractivity contribution is -0.142. The number of carboxylic acid groups (broad SMARTS) is 1. The highest BCUT2D eigenvalue weighted by atomic mass is 32.2. The van der Waals surface area contributed by atoms with Crippen LogP contribution >= 0.6 is 11.8 Å². The molecule has 0 bridgehead atoms. The van der Waals surface area contributed by atoms with Crippen LogP contribution in [0.15, 0.2) is 0 Å². The lowest BCUT2D eigenvalue weighted by Crippen LogP contribution is -2.41. The molecule has 1 fully saturated rings. The van der Waals surface area contributed by atoms with Gasteiger partial charge < -0.3 is 5.11 Å². The Balaban J connectivity index is 2.61. The molecule has 1 aliphatic heterocycles. The average Bonchev–Trinajstić information content (AvgIpc) is 2.48. The van der Waals surface area contributed by atoms with Crippen LogP contribution in [0.2, 0.25) is 0 Å². The molecule has 4 heteroatoms. The van der Waals surface area contributed by atoms with Crippen LogP contribution in [0.4, 0.5) is 0 Å². The van der Waals surface area contributed by atoms with Gasteiger partial charge in [-0.25, -0.2) is 0 Å². The Morgan fingerprint density at radius 2 is 2.31 bits per heavy atom. The van der Waals surface area contributed by atoms with Gasteiger partial charge in [0, 0.05) is 5.75 Å². The molecule has 0 aromatic carbocycles. The maximum atomic E-state index is 10.9. The average molecular weight is 203 g/mol. The Hall–Kier alpha value is -0.220. The Kier molecular flexibility index (Phi) is 4.06. The Morgan fingerprint density at radius 3 is 2.77 bits per heavy atom. The van der Waals surface area contributed by atoms with Crippen molar-refractivity contribution in [2.75, 3.05) is 12.3 Å². The standard InChI is InChI=1S/C9H17NO2S/c1-3-5-10-7(9(11)12)6-13-8(10)4-2/h7-8H,3-6H2,1-2H3,(H,11,12). The number of thioether (sulfide) groups is 1. The fourth-order valence-corrected chi connectivity index (χ4v) is 3.14. The van der Waals surface area contributed by atoms with Crippen molar-refractivity contribution in [3.05, 3.63) is 0 Å². The summed E-state index contributed by atoms with van der Waals surface area (Å²) in [5.74, 6) is 0.0744. The van der Waals surface area contributed by atoms with Crippen molar-refractivity contribution in [3.63, 3.8) is 0 Å². The third kappa shape index (κ3) is 2.38. The Labute approximate surface area is 83.5 Å². The van der Waals surface area contributed by atoms with Crippen molar-refractivity contribution in [2.24, 2.45) is 0 Å². The van der Waals surface area contributed by atoms with Crippen molar-refractivity contribution >= 4 is 17.7 Å². The molecule has 2 atom stereocenters. The highest BCUT2D eigenvalue weighted by Crippen LogP contribution is 2.31. The number of hydrogen-bond acceptors (Lipinski definition) is 3. The van der Waals surface area contributed by atoms with Gasteiger partial charge in [-0.1, -0.05) is 13.8 Å². The van der Waals surface area contributed by atoms with Gasteiger partial charge in [0.05, 0.1) is 5.37 Å². The van der Waals surface area contributed by atoms with E-state index in [1.807, 2.05) is 0 Å². The van der Waals surface area contributed by atoms with E-state index in [-0.39, 0.29) is 6.04 Å². The van der Waals surface area contributed by atoms with Crippen molar-refractivity contribution in [1.82, 2.24) is 4.90 Å². The van der Waals surface area contributed by atoms with E-state index in [1.54, 1.807) is 11.8 Å². The molecule has 0 spiro atoms. The van der Waals surface area contributed by atoms with E-state index in [1.165, 1.54) is 0 Å². The molecule has 76 valence electrons. The predicted octanol–water partition coefficient (Wildman–Crippen LogP) is 1.63. The smallest absolute Gasteiger partial charge is 0.321 e. The molecule has 13 heavy (non-hydrogen) atoms. The van der Waals surface area contributed by atoms with Gasteiger partial charge in [-0.3, -0.25) is 9.69 Å². The second-order valence-electron chi connectivity index (χ2n) is 3.29. The summed E-state index contributed by atoms with van der Waals surface area (Å²) in [6, 6.07) is -0.255. The second-order valence-corrected chi connectivity index (χ2v) is 4.50. The fourth-order valence-electron chi connectivity index (χ4n) is 1.72. The van der Waals surface area contributed by atoms with Crippen molar-refractivity contribution in [1.29, 1.82) is 0 Å². The van der Waals surface area contributed by atoms with Gasteiger partial charge >= 0.3 is 5.97 Å². The summed E-state index contributed by atoms with van der Waals surface area (Å²) >= 11 is 1.77. The molecule has 0 saturated carbocycles. The predicted molar refractivity (Wildman–Crippen MR) is 55.0 cm³/mol. The number of carbonyl (C=O) groups is 1. The van der Waals surface area contributed by atoms with Gasteiger partial charge in [0.1, 0.15) is 6.04 Å². The minimum atomic E-state index is -0.670. The molecule has 1 aliphatic rings. The lowest BCUT2D eigenvalue weighted by Gasteiger charge is -2.25. The zero-order valence-corrected chi connectivity index (χ0v) is 9.01. The van der Waals surface area contributed by atoms with Crippen molar-refractivity contribution < 1.29 is 9.90 Å². The third-order valence-corrected chi connectivity index (χ3v) is 3.83. The van der Waals surface area contributed by atoms with E-state index >= 15 is 0 Å². The van der Waals surface area contributed by atoms with E-state index < -0.39 is 5.97 Å². The summed E-state index contributed by atoms with van der Waals surface area (Å²) in [5, 5.41) is 9.39. The highest BCUT2D eigenvalue weighted by molar-refractivity contribution is 8.00. The normalized spacial score (nSPS) is 29.4. The van der Waals surface area contributed by atoms with Gasteiger partial charge in [-0.15, -0.1) is 11.8 Å². The molecule has 1 saturated heterocycles. The zero-order valence-electron chi connectivity index (χ0n) is 8.19. The SMILES string of the molecule is CCCN1C(CC)SCC1C(=O)O. The van der Waals surface area contributed by atoms with E-state index in [4.69, 9.17) is 5.11 Å². The summed E-state index contributed by atoms with van der Waals surface area (Å²) in [7, 11) is 0. The van der Waals surface area contributed by atoms with Crippen LogP contribution in [0.1, 0.15) is 26.7 Å². The summed E-state index contributed by atoms with van der Waals surface area (Å²) < 4.78 is 0. The molecular formula is C9H17NO2S. The maximum Gasteiger partial charge on any atom is 0.321 e. The molecule has 1 heterocycles. The van der Waals surface area contributed by atoms with Gasteiger partial charge in [-0.2, -0.15) is 0 Å². The van der Waals surface area contributed by atoms with E-state index in [9.17, 15) is 4.79 Å². The maximum absolute atomic E-state index is 10.9. The van der Waals surface area contributed by atoms with Crippen LogP contribution in [0.25, 0.3) is 0 Å². The van der Waals surface area contributed by atoms with Gasteiger partial charge in [0.2, 0.25) is 0 Å². The number of hydrogen-bond donors (Lipinski definition) is 1. The molecule has 3 nitrogen and oxygen atoms in total. The molecule has 0 amide bonds. The molecule has 0 aromatic rings. The Bertz CT molecular complexity index is 186. The van der Waals surface area contributed by atoms with Crippen LogP contribution in [-0.4, -0.2) is 39.7 Å². The largest absolute Gasteiger partial charge is 0.480 e. The first kappa shape index (κ1) is 10.9. The summed E-state index contributed by atoms with van der Waals surface area (Å²) in [4.78, 5) is 13.0. The first-order chi connectivity index (χ1) is 6.20. The number of aliphatic carboxylic acids is 1. The van der Waals surface area contributed by atoms with Crippen LogP contribution in [-0.2, 0) is 4.79 Å². The third-order valence-electron chi connectivity index (χ3n) is 2.33. The van der Waals surface area contributed by atoms with Crippen molar-refractivity contribution in [3.8, 4) is 0 Å². The van der Waals surface area contributed by atoms with Crippen molar-refractivity contribution in [2.45, 2.75) is 38.1 Å². The lowest BCUT2D eigenvalue weighted by atomic mass is 10.2. The summed E-state index contributed by atoms with van der Waals surface area (Å²) in [5.41, 5.74) is 0. The van der Waals surface area contributed by atoms with Crippen LogP contribution in [0.5, 0.6) is 0 Å². The summed E-state index contributed by atoms with van der Waals surface area (Å²) in [6.07, 6.45) is 2.06. The van der Waals surface area contributed by atoms with Gasteiger partial charge in [0.15, 0.2) is 0 Å². The number of nitrogens with zero attached hydrogens (tertiary/aromatic N) is 1. The molecule has 0 aromatic heterocycles. The van der Waals surface area contributed by atoms with E-state index in [2.05, 4.69) is 18.7 Å². The minimum absolute atomic E-state index is 0.255. The monoisotopic (exact) mass is 203 g/mol. The first-order valence-electron chi connectivity index (χ1n) is 4.80. The number of carboxylic acids is 1. The zero-order chi connectivity index (χ0) is 9.84. The molecule has 0 aliphatic carbocycles.